The molecule has 37 heavy (non-hydrogen) atoms. The highest BCUT2D eigenvalue weighted by molar-refractivity contribution is 5.42. The Morgan fingerprint density at radius 1 is 1.24 bits per heavy atom. The molecule has 0 spiro atoms. The summed E-state index contributed by atoms with van der Waals surface area (Å²) in [6, 6.07) is 5.39. The van der Waals surface area contributed by atoms with Gasteiger partial charge in [0, 0.05) is 24.3 Å². The number of dihydropyridines is 1. The van der Waals surface area contributed by atoms with Gasteiger partial charge in [0.15, 0.2) is 11.5 Å². The molecule has 6 heteroatoms. The van der Waals surface area contributed by atoms with Crippen molar-refractivity contribution in [1.82, 2.24) is 5.32 Å². The molecule has 202 valence electrons. The fraction of sp³-hybridized carbons (Fsp3) is 0.613. The van der Waals surface area contributed by atoms with E-state index in [-0.39, 0.29) is 23.0 Å². The molecule has 0 saturated heterocycles. The van der Waals surface area contributed by atoms with Crippen LogP contribution in [0.3, 0.4) is 0 Å². The molecule has 0 amide bonds. The molecule has 1 aromatic rings. The first kappa shape index (κ1) is 27.4. The average molecular weight is 509 g/mol. The molecule has 2 bridgehead atoms. The molecule has 1 saturated carbocycles. The number of allylic oxidation sites excluding steroid dienone is 2. The number of aryl methyl sites for hydroxylation is 1. The van der Waals surface area contributed by atoms with E-state index in [2.05, 4.69) is 30.2 Å². The van der Waals surface area contributed by atoms with Crippen molar-refractivity contribution < 1.29 is 20.1 Å². The second kappa shape index (κ2) is 12.8. The second-order valence-electron chi connectivity index (χ2n) is 11.1. The summed E-state index contributed by atoms with van der Waals surface area (Å²) in [5, 5.41) is 35.7. The van der Waals surface area contributed by atoms with Crippen LogP contribution in [0.4, 0.5) is 0 Å². The number of nitrogens with two attached hydrogens (primary N) is 1. The maximum Gasteiger partial charge on any atom is 0.161 e. The smallest absolute Gasteiger partial charge is 0.161 e. The van der Waals surface area contributed by atoms with Crippen LogP contribution in [0.1, 0.15) is 76.7 Å². The number of ether oxygens (including phenoxy) is 1. The molecule has 5 unspecified atom stereocenters. The molecule has 1 aliphatic heterocycles. The number of nitrogens with one attached hydrogen (secondary N) is 1. The SMILES string of the molecule is CCC12C#CCC(C(O)CCc3ccc(O)c(OCCCC4=CCNC(N)=C4)c3)C(O)C(CCC1)CC2. The molecule has 0 aromatic heterocycles. The highest BCUT2D eigenvalue weighted by Crippen LogP contribution is 2.43. The normalized spacial score (nSPS) is 28.2. The monoisotopic (exact) mass is 508 g/mol. The van der Waals surface area contributed by atoms with Gasteiger partial charge in [-0.1, -0.05) is 31.4 Å². The number of hydrogen-bond acceptors (Lipinski definition) is 6. The predicted molar refractivity (Wildman–Crippen MR) is 147 cm³/mol. The van der Waals surface area contributed by atoms with E-state index in [1.807, 2.05) is 18.2 Å². The maximum atomic E-state index is 11.2. The molecule has 1 heterocycles. The van der Waals surface area contributed by atoms with Crippen LogP contribution in [0.5, 0.6) is 11.5 Å². The topological polar surface area (TPSA) is 108 Å². The third-order valence-electron chi connectivity index (χ3n) is 8.64. The molecule has 6 N–H and O–H groups in total. The van der Waals surface area contributed by atoms with E-state index in [1.165, 1.54) is 5.57 Å². The van der Waals surface area contributed by atoms with E-state index in [1.54, 1.807) is 6.07 Å². The van der Waals surface area contributed by atoms with Gasteiger partial charge in [0.1, 0.15) is 0 Å². The maximum absolute atomic E-state index is 11.2. The van der Waals surface area contributed by atoms with Gasteiger partial charge in [-0.3, -0.25) is 0 Å². The lowest BCUT2D eigenvalue weighted by atomic mass is 9.78. The van der Waals surface area contributed by atoms with Crippen molar-refractivity contribution in [3.63, 3.8) is 0 Å². The minimum Gasteiger partial charge on any atom is -0.504 e. The number of aliphatic hydroxyl groups excluding tert-OH is 2. The first-order valence-corrected chi connectivity index (χ1v) is 14.1. The number of benzene rings is 1. The minimum atomic E-state index is -0.628. The van der Waals surface area contributed by atoms with Gasteiger partial charge in [-0.2, -0.15) is 0 Å². The van der Waals surface area contributed by atoms with Gasteiger partial charge in [-0.25, -0.2) is 0 Å². The van der Waals surface area contributed by atoms with Gasteiger partial charge < -0.3 is 31.1 Å². The van der Waals surface area contributed by atoms with Gasteiger partial charge in [0.2, 0.25) is 0 Å². The summed E-state index contributed by atoms with van der Waals surface area (Å²) in [6.45, 7) is 3.47. The molecule has 1 aromatic carbocycles. The third-order valence-corrected chi connectivity index (χ3v) is 8.64. The summed E-state index contributed by atoms with van der Waals surface area (Å²) in [7, 11) is 0. The van der Waals surface area contributed by atoms with Gasteiger partial charge in [-0.05, 0) is 93.1 Å². The Morgan fingerprint density at radius 3 is 2.92 bits per heavy atom. The summed E-state index contributed by atoms with van der Waals surface area (Å²) in [5.41, 5.74) is 8.10. The van der Waals surface area contributed by atoms with E-state index in [9.17, 15) is 15.3 Å². The first-order chi connectivity index (χ1) is 17.9. The van der Waals surface area contributed by atoms with Gasteiger partial charge >= 0.3 is 0 Å². The number of phenols is 1. The minimum absolute atomic E-state index is 0.0887. The van der Waals surface area contributed by atoms with E-state index in [0.717, 1.165) is 63.5 Å². The van der Waals surface area contributed by atoms with Crippen LogP contribution < -0.4 is 15.8 Å². The molecule has 0 radical (unpaired) electrons. The molecule has 6 nitrogen and oxygen atoms in total. The number of aliphatic hydroxyl groups is 2. The van der Waals surface area contributed by atoms with E-state index < -0.39 is 12.2 Å². The predicted octanol–water partition coefficient (Wildman–Crippen LogP) is 4.54. The fourth-order valence-electron chi connectivity index (χ4n) is 6.13. The first-order valence-electron chi connectivity index (χ1n) is 14.1. The van der Waals surface area contributed by atoms with Crippen molar-refractivity contribution in [1.29, 1.82) is 0 Å². The van der Waals surface area contributed by atoms with E-state index >= 15 is 0 Å². The fourth-order valence-corrected chi connectivity index (χ4v) is 6.13. The van der Waals surface area contributed by atoms with Crippen molar-refractivity contribution in [2.75, 3.05) is 13.2 Å². The second-order valence-corrected chi connectivity index (χ2v) is 11.1. The molecule has 4 rings (SSSR count). The Balaban J connectivity index is 1.32. The van der Waals surface area contributed by atoms with Crippen LogP contribution in [-0.2, 0) is 6.42 Å². The van der Waals surface area contributed by atoms with Gasteiger partial charge in [0.05, 0.1) is 24.6 Å². The average Bonchev–Trinajstić information content (AvgIpc) is 3.08. The quantitative estimate of drug-likeness (QED) is 0.235. The Kier molecular flexibility index (Phi) is 9.45. The highest BCUT2D eigenvalue weighted by Gasteiger charge is 2.38. The van der Waals surface area contributed by atoms with E-state index in [0.29, 0.717) is 37.4 Å². The van der Waals surface area contributed by atoms with Gasteiger partial charge in [0.25, 0.3) is 0 Å². The summed E-state index contributed by atoms with van der Waals surface area (Å²) in [4.78, 5) is 0. The number of phenolic OH excluding ortho intramolecular Hbond substituents is 1. The van der Waals surface area contributed by atoms with Crippen LogP contribution in [-0.4, -0.2) is 40.7 Å². The highest BCUT2D eigenvalue weighted by atomic mass is 16.5. The van der Waals surface area contributed by atoms with Crippen molar-refractivity contribution in [2.45, 2.75) is 89.8 Å². The van der Waals surface area contributed by atoms with Crippen LogP contribution in [0, 0.1) is 29.1 Å². The summed E-state index contributed by atoms with van der Waals surface area (Å²) >= 11 is 0. The van der Waals surface area contributed by atoms with Crippen LogP contribution in [0.2, 0.25) is 0 Å². The Labute approximate surface area is 222 Å². The lowest BCUT2D eigenvalue weighted by Gasteiger charge is -2.31. The zero-order chi connectivity index (χ0) is 26.3. The molecular weight excluding hydrogens is 464 g/mol. The number of rotatable bonds is 10. The summed E-state index contributed by atoms with van der Waals surface area (Å²) in [5.74, 6) is 8.20. The molecule has 2 aliphatic carbocycles. The molecule has 5 atom stereocenters. The van der Waals surface area contributed by atoms with E-state index in [4.69, 9.17) is 10.5 Å². The van der Waals surface area contributed by atoms with Crippen LogP contribution >= 0.6 is 0 Å². The zero-order valence-corrected chi connectivity index (χ0v) is 22.2. The number of fused-ring (bicyclic) bond motifs is 3. The lowest BCUT2D eigenvalue weighted by molar-refractivity contribution is -0.0231. The lowest BCUT2D eigenvalue weighted by Crippen LogP contribution is -2.37. The number of aromatic hydroxyl groups is 1. The summed E-state index contributed by atoms with van der Waals surface area (Å²) < 4.78 is 5.88. The number of hydrogen-bond donors (Lipinski definition) is 5. The Bertz CT molecular complexity index is 1040. The van der Waals surface area contributed by atoms with Crippen LogP contribution in [0.25, 0.3) is 0 Å². The molecule has 3 aliphatic rings. The largest absolute Gasteiger partial charge is 0.504 e. The molecular formula is C31H44N2O4. The molecule has 1 fully saturated rings. The zero-order valence-electron chi connectivity index (χ0n) is 22.2. The van der Waals surface area contributed by atoms with Crippen molar-refractivity contribution >= 4 is 0 Å². The Hall–Kier alpha value is -2.62. The van der Waals surface area contributed by atoms with Crippen molar-refractivity contribution in [3.05, 3.63) is 47.3 Å². The van der Waals surface area contributed by atoms with Crippen molar-refractivity contribution in [2.24, 2.45) is 23.0 Å². The van der Waals surface area contributed by atoms with Crippen LogP contribution in [0.15, 0.2) is 41.7 Å². The Morgan fingerprint density at radius 2 is 2.11 bits per heavy atom. The van der Waals surface area contributed by atoms with Gasteiger partial charge in [-0.15, -0.1) is 5.92 Å². The standard InChI is InChI=1S/C31H44N2O4/c1-2-31-15-3-7-24(13-17-31)30(36)25(8-4-16-31)26(34)11-9-23-10-12-27(35)28(20-23)37-19-5-6-22-14-18-33-29(32)21-22/h10,12,14,20-21,24-26,30,33-36H,2-3,5-9,11,13,15,17-19,32H2,1H3. The third kappa shape index (κ3) is 7.24. The van der Waals surface area contributed by atoms with Crippen molar-refractivity contribution in [3.8, 4) is 23.3 Å². The summed E-state index contributed by atoms with van der Waals surface area (Å²) in [6.07, 6.45) is 12.7.